The number of halogens is 1. The number of fused-ring (bicyclic) bond motifs is 1. The fourth-order valence-corrected chi connectivity index (χ4v) is 4.08. The average molecular weight is 399 g/mol. The summed E-state index contributed by atoms with van der Waals surface area (Å²) in [5, 5.41) is 12.3. The second-order valence-corrected chi connectivity index (χ2v) is 7.56. The summed E-state index contributed by atoms with van der Waals surface area (Å²) < 4.78 is 42.8. The Bertz CT molecular complexity index is 1110. The van der Waals surface area contributed by atoms with E-state index < -0.39 is 16.6 Å². The summed E-state index contributed by atoms with van der Waals surface area (Å²) in [5.74, 6) is -0.215. The summed E-state index contributed by atoms with van der Waals surface area (Å²) in [6, 6.07) is 10.9. The lowest BCUT2D eigenvalue weighted by Gasteiger charge is -2.40. The summed E-state index contributed by atoms with van der Waals surface area (Å²) in [4.78, 5) is 8.36. The van der Waals surface area contributed by atoms with E-state index in [1.807, 2.05) is 6.07 Å². The molecule has 2 aromatic carbocycles. The predicted molar refractivity (Wildman–Crippen MR) is 102 cm³/mol. The molecule has 3 aromatic rings. The molecule has 142 valence electrons. The number of aromatic nitrogens is 1. The van der Waals surface area contributed by atoms with E-state index >= 15 is 0 Å². The quantitative estimate of drug-likeness (QED) is 0.525. The number of aliphatic imine (C=N–C) groups is 1. The molecule has 0 atom stereocenters. The number of nitrogens with one attached hydrogen (secondary N) is 2. The van der Waals surface area contributed by atoms with Crippen molar-refractivity contribution in [2.75, 3.05) is 5.32 Å². The third kappa shape index (κ3) is 3.18. The van der Waals surface area contributed by atoms with Gasteiger partial charge in [-0.2, -0.15) is 5.26 Å². The van der Waals surface area contributed by atoms with Crippen molar-refractivity contribution in [1.82, 2.24) is 9.71 Å². The first-order chi connectivity index (χ1) is 13.5. The third-order valence-corrected chi connectivity index (χ3v) is 5.52. The topological polar surface area (TPSA) is 127 Å². The first kappa shape index (κ1) is 18.0. The molecule has 0 radical (unpaired) electrons. The number of oxazole rings is 1. The number of para-hydroxylation sites is 1. The largest absolute Gasteiger partial charge is 0.447 e. The minimum atomic E-state index is -3.41. The number of hydrogen-bond donors (Lipinski definition) is 4. The van der Waals surface area contributed by atoms with Crippen molar-refractivity contribution in [3.05, 3.63) is 66.1 Å². The van der Waals surface area contributed by atoms with Crippen LogP contribution in [0.4, 0.5) is 10.1 Å². The Balaban J connectivity index is 1.81. The first-order valence-corrected chi connectivity index (χ1v) is 9.62. The summed E-state index contributed by atoms with van der Waals surface area (Å²) in [6.45, 7) is 0.0682. The zero-order valence-corrected chi connectivity index (χ0v) is 15.1. The van der Waals surface area contributed by atoms with Crippen LogP contribution in [0.3, 0.4) is 0 Å². The van der Waals surface area contributed by atoms with Crippen LogP contribution in [0, 0.1) is 17.1 Å². The second-order valence-electron chi connectivity index (χ2n) is 5.82. The molecule has 0 saturated heterocycles. The van der Waals surface area contributed by atoms with Gasteiger partial charge in [-0.15, -0.1) is 0 Å². The van der Waals surface area contributed by atoms with Crippen molar-refractivity contribution in [2.45, 2.75) is 11.4 Å². The summed E-state index contributed by atoms with van der Waals surface area (Å²) in [7, 11) is -3.41. The molecule has 10 heteroatoms. The second kappa shape index (κ2) is 6.97. The van der Waals surface area contributed by atoms with Crippen molar-refractivity contribution in [2.24, 2.45) is 4.99 Å². The molecule has 2 heterocycles. The molecule has 4 rings (SSSR count). The highest BCUT2D eigenvalue weighted by Crippen LogP contribution is 2.53. The van der Waals surface area contributed by atoms with Crippen LogP contribution in [-0.4, -0.2) is 20.0 Å². The van der Waals surface area contributed by atoms with Gasteiger partial charge in [-0.1, -0.05) is 35.0 Å². The minimum Gasteiger partial charge on any atom is -0.447 e. The molecule has 0 unspecified atom stereocenters. The highest BCUT2D eigenvalue weighted by molar-refractivity contribution is 8.23. The molecule has 4 N–H and O–H groups in total. The van der Waals surface area contributed by atoms with E-state index in [9.17, 15) is 18.8 Å². The van der Waals surface area contributed by atoms with Gasteiger partial charge in [-0.3, -0.25) is 9.11 Å². The molecule has 0 aliphatic carbocycles. The van der Waals surface area contributed by atoms with Gasteiger partial charge >= 0.3 is 0 Å². The van der Waals surface area contributed by atoms with Gasteiger partial charge in [-0.25, -0.2) is 19.1 Å². The lowest BCUT2D eigenvalue weighted by Crippen LogP contribution is -2.38. The molecule has 0 saturated carbocycles. The fraction of sp³-hybridized carbons (Fsp3) is 0.0556. The molecule has 0 bridgehead atoms. The molecule has 1 aliphatic heterocycles. The van der Waals surface area contributed by atoms with Gasteiger partial charge in [0.25, 0.3) is 0 Å². The van der Waals surface area contributed by atoms with E-state index in [-0.39, 0.29) is 23.0 Å². The molecule has 0 amide bonds. The summed E-state index contributed by atoms with van der Waals surface area (Å²) >= 11 is 0. The van der Waals surface area contributed by atoms with E-state index in [1.54, 1.807) is 18.2 Å². The molecular formula is C18H14FN5O3S. The highest BCUT2D eigenvalue weighted by Gasteiger charge is 2.30. The Morgan fingerprint density at radius 2 is 2.00 bits per heavy atom. The van der Waals surface area contributed by atoms with Gasteiger partial charge in [0.2, 0.25) is 11.9 Å². The van der Waals surface area contributed by atoms with E-state index in [2.05, 4.69) is 20.0 Å². The Labute approximate surface area is 160 Å². The number of nitriles is 1. The van der Waals surface area contributed by atoms with Crippen molar-refractivity contribution < 1.29 is 17.9 Å². The lowest BCUT2D eigenvalue weighted by atomic mass is 9.98. The van der Waals surface area contributed by atoms with Crippen LogP contribution in [-0.2, 0) is 6.54 Å². The fourth-order valence-electron chi connectivity index (χ4n) is 2.87. The van der Waals surface area contributed by atoms with Gasteiger partial charge < -0.3 is 9.73 Å². The Morgan fingerprint density at radius 1 is 1.21 bits per heavy atom. The number of anilines is 1. The van der Waals surface area contributed by atoms with Crippen molar-refractivity contribution in [3.63, 3.8) is 0 Å². The van der Waals surface area contributed by atoms with E-state index in [0.717, 1.165) is 0 Å². The maximum atomic E-state index is 14.1. The van der Waals surface area contributed by atoms with Crippen LogP contribution in [0.1, 0.15) is 11.5 Å². The highest BCUT2D eigenvalue weighted by atomic mass is 32.3. The predicted octanol–water partition coefficient (Wildman–Crippen LogP) is 3.95. The van der Waals surface area contributed by atoms with Gasteiger partial charge in [0.05, 0.1) is 17.4 Å². The monoisotopic (exact) mass is 399 g/mol. The molecular weight excluding hydrogens is 385 g/mol. The zero-order chi connectivity index (χ0) is 19.7. The van der Waals surface area contributed by atoms with Gasteiger partial charge in [0, 0.05) is 11.1 Å². The van der Waals surface area contributed by atoms with Crippen molar-refractivity contribution in [1.29, 1.82) is 5.26 Å². The molecule has 8 nitrogen and oxygen atoms in total. The van der Waals surface area contributed by atoms with Crippen LogP contribution < -0.4 is 10.0 Å². The Morgan fingerprint density at radius 3 is 2.75 bits per heavy atom. The molecule has 0 fully saturated rings. The van der Waals surface area contributed by atoms with Crippen LogP contribution in [0.25, 0.3) is 11.1 Å². The number of hydrogen-bond acceptors (Lipinski definition) is 6. The van der Waals surface area contributed by atoms with E-state index in [1.165, 1.54) is 30.7 Å². The number of guanidine groups is 1. The Hall–Kier alpha value is -3.39. The third-order valence-electron chi connectivity index (χ3n) is 4.09. The molecule has 0 spiro atoms. The average Bonchev–Trinajstić information content (AvgIpc) is 3.19. The summed E-state index contributed by atoms with van der Waals surface area (Å²) in [5.41, 5.74) is 0.968. The normalized spacial score (nSPS) is 17.1. The molecule has 1 aliphatic rings. The molecule has 1 aromatic heterocycles. The number of benzene rings is 2. The number of rotatable bonds is 3. The van der Waals surface area contributed by atoms with E-state index in [0.29, 0.717) is 22.7 Å². The van der Waals surface area contributed by atoms with Gasteiger partial charge in [-0.05, 0) is 12.1 Å². The SMILES string of the molecule is N#Cc1c(F)cccc1-c1cccc2c1NC(=NCc1ncco1)NS2(O)O. The van der Waals surface area contributed by atoms with Crippen molar-refractivity contribution >= 4 is 22.4 Å². The lowest BCUT2D eigenvalue weighted by molar-refractivity contribution is 0.479. The molecule has 28 heavy (non-hydrogen) atoms. The zero-order valence-electron chi connectivity index (χ0n) is 14.3. The van der Waals surface area contributed by atoms with Crippen LogP contribution in [0.5, 0.6) is 0 Å². The van der Waals surface area contributed by atoms with Gasteiger partial charge in [0.1, 0.15) is 29.6 Å². The van der Waals surface area contributed by atoms with Gasteiger partial charge in [0.15, 0.2) is 0 Å². The summed E-state index contributed by atoms with van der Waals surface area (Å²) in [6.07, 6.45) is 2.89. The first-order valence-electron chi connectivity index (χ1n) is 8.07. The van der Waals surface area contributed by atoms with E-state index in [4.69, 9.17) is 4.42 Å². The smallest absolute Gasteiger partial charge is 0.215 e. The number of nitrogens with zero attached hydrogens (tertiary/aromatic N) is 3. The van der Waals surface area contributed by atoms with Crippen molar-refractivity contribution in [3.8, 4) is 17.2 Å². The minimum absolute atomic E-state index is 0.0682. The van der Waals surface area contributed by atoms with Crippen LogP contribution >= 0.6 is 10.8 Å². The maximum absolute atomic E-state index is 14.1. The Kier molecular flexibility index (Phi) is 4.48. The van der Waals surface area contributed by atoms with Crippen LogP contribution in [0.2, 0.25) is 0 Å². The maximum Gasteiger partial charge on any atom is 0.215 e. The standard InChI is InChI=1S/C18H14FN5O3S/c19-14-5-1-3-11(13(14)9-20)12-4-2-6-15-17(12)23-18(24-28(15,25)26)22-10-16-21-7-8-27-16/h1-8,25-26H,10H2,(H2,22,23,24). The van der Waals surface area contributed by atoms with Crippen LogP contribution in [0.15, 0.2) is 63.2 Å².